The average Bonchev–Trinajstić information content (AvgIpc) is 3.21. The summed E-state index contributed by atoms with van der Waals surface area (Å²) in [7, 11) is 0. The van der Waals surface area contributed by atoms with Gasteiger partial charge in [-0.15, -0.1) is 0 Å². The topological polar surface area (TPSA) is 158 Å². The highest BCUT2D eigenvalue weighted by molar-refractivity contribution is 6.14. The first-order valence-electron chi connectivity index (χ1n) is 9.57. The third-order valence-electron chi connectivity index (χ3n) is 4.74. The molecule has 2 amide bonds. The first kappa shape index (κ1) is 21.2. The molecular formula is C23H15N5O5. The van der Waals surface area contributed by atoms with E-state index in [4.69, 9.17) is 9.78 Å². The molecular weight excluding hydrogens is 426 g/mol. The van der Waals surface area contributed by atoms with E-state index in [1.54, 1.807) is 36.7 Å². The normalized spacial score (nSPS) is 10.4. The maximum Gasteiger partial charge on any atom is 0.337 e. The quantitative estimate of drug-likeness (QED) is 0.423. The Kier molecular flexibility index (Phi) is 5.53. The number of hydrogen-bond acceptors (Lipinski definition) is 7. The predicted octanol–water partition coefficient (Wildman–Crippen LogP) is 3.67. The van der Waals surface area contributed by atoms with Gasteiger partial charge in [-0.25, -0.2) is 4.79 Å². The van der Waals surface area contributed by atoms with E-state index in [9.17, 15) is 19.5 Å². The number of anilines is 2. The van der Waals surface area contributed by atoms with E-state index in [0.29, 0.717) is 22.2 Å². The van der Waals surface area contributed by atoms with Crippen molar-refractivity contribution in [2.24, 2.45) is 0 Å². The smallest absolute Gasteiger partial charge is 0.337 e. The van der Waals surface area contributed by atoms with Gasteiger partial charge < -0.3 is 20.3 Å². The summed E-state index contributed by atoms with van der Waals surface area (Å²) in [6, 6.07) is 12.5. The zero-order chi connectivity index (χ0) is 23.5. The predicted molar refractivity (Wildman–Crippen MR) is 118 cm³/mol. The molecule has 0 saturated heterocycles. The molecule has 0 fully saturated rings. The van der Waals surface area contributed by atoms with Gasteiger partial charge in [-0.1, -0.05) is 11.2 Å². The summed E-state index contributed by atoms with van der Waals surface area (Å²) in [6.45, 7) is 1.37. The lowest BCUT2D eigenvalue weighted by molar-refractivity contribution is -0.114. The average molecular weight is 441 g/mol. The second-order valence-electron chi connectivity index (χ2n) is 6.98. The van der Waals surface area contributed by atoms with E-state index < -0.39 is 11.9 Å². The number of carbonyl (C=O) groups is 3. The van der Waals surface area contributed by atoms with Crippen LogP contribution in [0.4, 0.5) is 11.4 Å². The number of fused-ring (bicyclic) bond motifs is 1. The van der Waals surface area contributed by atoms with Crippen LogP contribution in [0.2, 0.25) is 0 Å². The number of aromatic carboxylic acids is 1. The lowest BCUT2D eigenvalue weighted by atomic mass is 10.0. The zero-order valence-electron chi connectivity index (χ0n) is 17.1. The summed E-state index contributed by atoms with van der Waals surface area (Å²) < 4.78 is 5.30. The minimum Gasteiger partial charge on any atom is -0.478 e. The van der Waals surface area contributed by atoms with Crippen LogP contribution in [-0.2, 0) is 4.79 Å². The molecule has 0 aliphatic rings. The third-order valence-corrected chi connectivity index (χ3v) is 4.74. The lowest BCUT2D eigenvalue weighted by Crippen LogP contribution is -2.15. The number of carboxylic acids is 1. The van der Waals surface area contributed by atoms with Gasteiger partial charge in [0.05, 0.1) is 34.0 Å². The molecule has 162 valence electrons. The summed E-state index contributed by atoms with van der Waals surface area (Å²) in [5.41, 5.74) is 1.81. The number of carboxylic acid groups (broad SMARTS) is 1. The van der Waals surface area contributed by atoms with Crippen LogP contribution in [0.1, 0.15) is 33.3 Å². The van der Waals surface area contributed by atoms with Crippen LogP contribution >= 0.6 is 0 Å². The van der Waals surface area contributed by atoms with Gasteiger partial charge in [-0.3, -0.25) is 14.6 Å². The van der Waals surface area contributed by atoms with Crippen LogP contribution < -0.4 is 10.6 Å². The standard InChI is InChI=1S/C23H15N5O5/c1-12(29)26-19-9-20-17(8-15(19)14-3-2-6-25-11-14)21(28-33-20)22(30)27-18-5-4-13(10-24)7-16(18)23(31)32/h2-9,11H,1H3,(H,26,29)(H,27,30)(H,31,32). The Morgan fingerprint density at radius 1 is 1.09 bits per heavy atom. The Hall–Kier alpha value is -5.04. The molecule has 2 aromatic heterocycles. The van der Waals surface area contributed by atoms with Crippen LogP contribution in [0, 0.1) is 11.3 Å². The minimum absolute atomic E-state index is 0.00463. The Labute approximate surface area is 186 Å². The second-order valence-corrected chi connectivity index (χ2v) is 6.98. The summed E-state index contributed by atoms with van der Waals surface area (Å²) in [5, 5.41) is 27.9. The van der Waals surface area contributed by atoms with Crippen molar-refractivity contribution >= 4 is 40.1 Å². The van der Waals surface area contributed by atoms with Gasteiger partial charge in [0.1, 0.15) is 0 Å². The van der Waals surface area contributed by atoms with E-state index in [1.165, 1.54) is 25.1 Å². The van der Waals surface area contributed by atoms with E-state index in [1.807, 2.05) is 6.07 Å². The molecule has 0 saturated carbocycles. The highest BCUT2D eigenvalue weighted by Gasteiger charge is 2.22. The molecule has 0 spiro atoms. The molecule has 0 bridgehead atoms. The number of amides is 2. The number of benzene rings is 2. The van der Waals surface area contributed by atoms with Crippen molar-refractivity contribution < 1.29 is 24.0 Å². The zero-order valence-corrected chi connectivity index (χ0v) is 17.1. The van der Waals surface area contributed by atoms with E-state index >= 15 is 0 Å². The molecule has 2 heterocycles. The fraction of sp³-hybridized carbons (Fsp3) is 0.0435. The summed E-state index contributed by atoms with van der Waals surface area (Å²) in [6.07, 6.45) is 3.21. The van der Waals surface area contributed by atoms with E-state index in [2.05, 4.69) is 20.8 Å². The molecule has 10 nitrogen and oxygen atoms in total. The molecule has 0 unspecified atom stereocenters. The van der Waals surface area contributed by atoms with E-state index in [0.717, 1.165) is 0 Å². The van der Waals surface area contributed by atoms with Crippen LogP contribution in [0.25, 0.3) is 22.1 Å². The van der Waals surface area contributed by atoms with Crippen LogP contribution in [0.5, 0.6) is 0 Å². The molecule has 0 aliphatic heterocycles. The molecule has 4 aromatic rings. The van der Waals surface area contributed by atoms with Gasteiger partial charge >= 0.3 is 5.97 Å². The molecule has 4 rings (SSSR count). The van der Waals surface area contributed by atoms with Crippen molar-refractivity contribution in [3.05, 3.63) is 71.7 Å². The summed E-state index contributed by atoms with van der Waals surface area (Å²) >= 11 is 0. The Morgan fingerprint density at radius 3 is 2.58 bits per heavy atom. The first-order valence-corrected chi connectivity index (χ1v) is 9.57. The number of aromatic nitrogens is 2. The van der Waals surface area contributed by atoms with Crippen LogP contribution in [0.15, 0.2) is 59.4 Å². The lowest BCUT2D eigenvalue weighted by Gasteiger charge is -2.10. The van der Waals surface area contributed by atoms with Crippen molar-refractivity contribution in [2.75, 3.05) is 10.6 Å². The number of nitrogens with one attached hydrogen (secondary N) is 2. The first-order chi connectivity index (χ1) is 15.9. The molecule has 0 atom stereocenters. The Bertz CT molecular complexity index is 1450. The Balaban J connectivity index is 1.78. The molecule has 0 radical (unpaired) electrons. The van der Waals surface area contributed by atoms with Crippen LogP contribution in [-0.4, -0.2) is 33.0 Å². The molecule has 10 heteroatoms. The van der Waals surface area contributed by atoms with Crippen molar-refractivity contribution in [1.29, 1.82) is 5.26 Å². The van der Waals surface area contributed by atoms with Gasteiger partial charge in [-0.2, -0.15) is 5.26 Å². The Morgan fingerprint density at radius 2 is 1.91 bits per heavy atom. The fourth-order valence-electron chi connectivity index (χ4n) is 3.28. The number of rotatable bonds is 5. The van der Waals surface area contributed by atoms with Gasteiger partial charge in [0.2, 0.25) is 5.91 Å². The van der Waals surface area contributed by atoms with E-state index in [-0.39, 0.29) is 34.0 Å². The van der Waals surface area contributed by atoms with Gasteiger partial charge in [0.25, 0.3) is 5.91 Å². The van der Waals surface area contributed by atoms with Gasteiger partial charge in [0.15, 0.2) is 11.3 Å². The van der Waals surface area contributed by atoms with Crippen molar-refractivity contribution in [3.8, 4) is 17.2 Å². The molecule has 0 aliphatic carbocycles. The van der Waals surface area contributed by atoms with Crippen molar-refractivity contribution in [2.45, 2.75) is 6.92 Å². The largest absolute Gasteiger partial charge is 0.478 e. The van der Waals surface area contributed by atoms with Crippen molar-refractivity contribution in [1.82, 2.24) is 10.1 Å². The summed E-state index contributed by atoms with van der Waals surface area (Å²) in [4.78, 5) is 40.3. The third kappa shape index (κ3) is 4.24. The second kappa shape index (κ2) is 8.60. The van der Waals surface area contributed by atoms with Gasteiger partial charge in [-0.05, 0) is 30.3 Å². The fourth-order valence-corrected chi connectivity index (χ4v) is 3.28. The molecule has 3 N–H and O–H groups in total. The highest BCUT2D eigenvalue weighted by Crippen LogP contribution is 2.34. The number of hydrogen-bond donors (Lipinski definition) is 3. The number of carbonyl (C=O) groups excluding carboxylic acids is 2. The van der Waals surface area contributed by atoms with Gasteiger partial charge in [0, 0.05) is 36.5 Å². The number of nitrogens with zero attached hydrogens (tertiary/aromatic N) is 3. The maximum absolute atomic E-state index is 13.0. The molecule has 33 heavy (non-hydrogen) atoms. The summed E-state index contributed by atoms with van der Waals surface area (Å²) in [5.74, 6) is -2.30. The number of nitriles is 1. The molecule has 2 aromatic carbocycles. The SMILES string of the molecule is CC(=O)Nc1cc2onc(C(=O)Nc3ccc(C#N)cc3C(=O)O)c2cc1-c1cccnc1. The maximum atomic E-state index is 13.0. The minimum atomic E-state index is -1.30. The van der Waals surface area contributed by atoms with Crippen molar-refractivity contribution in [3.63, 3.8) is 0 Å². The number of pyridine rings is 1. The monoisotopic (exact) mass is 441 g/mol. The highest BCUT2D eigenvalue weighted by atomic mass is 16.5. The van der Waals surface area contributed by atoms with Crippen LogP contribution in [0.3, 0.4) is 0 Å².